The van der Waals surface area contributed by atoms with Crippen LogP contribution >= 0.6 is 24.2 Å². The molecule has 1 aliphatic carbocycles. The van der Waals surface area contributed by atoms with Gasteiger partial charge in [-0.05, 0) is 104 Å². The number of pyridine rings is 2. The highest BCUT2D eigenvalue weighted by Crippen LogP contribution is 2.54. The van der Waals surface area contributed by atoms with E-state index in [1.54, 1.807) is 0 Å². The van der Waals surface area contributed by atoms with Crippen LogP contribution in [-0.2, 0) is 11.3 Å². The van der Waals surface area contributed by atoms with Crippen molar-refractivity contribution in [2.45, 2.75) is 103 Å². The number of nitrogens with zero attached hydrogens (tertiary/aromatic N) is 3. The standard InChI is InChI=1S/C38H51N5O5S.ClH/c1-21-16-30(49-9)29(36(44)41-21)18-40-37(45)32-24(4)33(26-10-15-31(39-17-26)43-19-22(2)46-23(3)20-43)35-34(25(32)5)47-38(6,48-35)27-11-13-28(14-12-27)42(7)8;/h10,15-17,22-23,27-28H,11-14,18-20H2,1-9H3,(H,40,45)(H,41,44);1H/t22-,23+,27?,28?,38?;. The van der Waals surface area contributed by atoms with Gasteiger partial charge >= 0.3 is 0 Å². The maximum Gasteiger partial charge on any atom is 0.254 e. The Morgan fingerprint density at radius 1 is 1.06 bits per heavy atom. The molecule has 3 atom stereocenters. The summed E-state index contributed by atoms with van der Waals surface area (Å²) in [4.78, 5) is 40.2. The number of hydrogen-bond donors (Lipinski definition) is 2. The lowest BCUT2D eigenvalue weighted by atomic mass is 9.81. The molecule has 1 saturated carbocycles. The van der Waals surface area contributed by atoms with Gasteiger partial charge in [0.1, 0.15) is 5.82 Å². The van der Waals surface area contributed by atoms with E-state index in [-0.39, 0.29) is 48.5 Å². The SMILES string of the molecule is CSc1cc(C)[nH]c(=O)c1CNC(=O)c1c(C)c2c(c(-c3ccc(N4C[C@@H](C)O[C@@H](C)C4)nc3)c1C)OC(C)(C1CCC(N(C)C)CC1)O2.Cl. The molecule has 2 fully saturated rings. The molecule has 0 bridgehead atoms. The van der Waals surface area contributed by atoms with E-state index in [4.69, 9.17) is 19.2 Å². The first kappa shape index (κ1) is 38.0. The third kappa shape index (κ3) is 7.38. The van der Waals surface area contributed by atoms with Crippen LogP contribution in [0.3, 0.4) is 0 Å². The Bertz CT molecular complexity index is 1760. The number of ether oxygens (including phenoxy) is 3. The van der Waals surface area contributed by atoms with Crippen LogP contribution in [0.15, 0.2) is 34.1 Å². The van der Waals surface area contributed by atoms with Crippen LogP contribution < -0.4 is 25.2 Å². The van der Waals surface area contributed by atoms with E-state index < -0.39 is 5.79 Å². The molecule has 3 aliphatic rings. The van der Waals surface area contributed by atoms with E-state index in [0.717, 1.165) is 77.4 Å². The predicted molar refractivity (Wildman–Crippen MR) is 202 cm³/mol. The number of rotatable bonds is 8. The van der Waals surface area contributed by atoms with Gasteiger partial charge in [0.2, 0.25) is 0 Å². The number of H-pyrrole nitrogens is 1. The second kappa shape index (κ2) is 15.2. The second-order valence-corrected chi connectivity index (χ2v) is 15.3. The number of carbonyl (C=O) groups is 1. The zero-order chi connectivity index (χ0) is 35.2. The molecule has 2 aliphatic heterocycles. The number of aromatic amines is 1. The number of amides is 1. The molecule has 10 nitrogen and oxygen atoms in total. The lowest BCUT2D eigenvalue weighted by Crippen LogP contribution is -2.46. The predicted octanol–water partition coefficient (Wildman–Crippen LogP) is 6.66. The number of aromatic nitrogens is 2. The number of halogens is 1. The van der Waals surface area contributed by atoms with Crippen LogP contribution in [-0.4, -0.2) is 78.3 Å². The van der Waals surface area contributed by atoms with Gasteiger partial charge in [-0.3, -0.25) is 9.59 Å². The molecular formula is C38H52ClN5O5S. The van der Waals surface area contributed by atoms with E-state index in [0.29, 0.717) is 28.7 Å². The normalized spacial score (nSPS) is 24.6. The first-order chi connectivity index (χ1) is 23.3. The maximum atomic E-state index is 14.1. The summed E-state index contributed by atoms with van der Waals surface area (Å²) in [5.74, 6) is 1.21. The third-order valence-electron chi connectivity index (χ3n) is 10.6. The van der Waals surface area contributed by atoms with Crippen molar-refractivity contribution in [3.8, 4) is 22.6 Å². The van der Waals surface area contributed by atoms with Crippen LogP contribution in [0.25, 0.3) is 11.1 Å². The molecule has 6 rings (SSSR count). The van der Waals surface area contributed by atoms with Crippen molar-refractivity contribution in [1.82, 2.24) is 20.2 Å². The fourth-order valence-electron chi connectivity index (χ4n) is 7.97. The maximum absolute atomic E-state index is 14.1. The number of carbonyl (C=O) groups excluding carboxylic acids is 1. The molecule has 1 aromatic carbocycles. The summed E-state index contributed by atoms with van der Waals surface area (Å²) < 4.78 is 19.7. The van der Waals surface area contributed by atoms with Crippen molar-refractivity contribution in [2.75, 3.05) is 38.3 Å². The Labute approximate surface area is 306 Å². The zero-order valence-corrected chi connectivity index (χ0v) is 32.4. The summed E-state index contributed by atoms with van der Waals surface area (Å²) in [7, 11) is 4.29. The Kier molecular flexibility index (Phi) is 11.5. The van der Waals surface area contributed by atoms with Crippen molar-refractivity contribution >= 4 is 35.9 Å². The van der Waals surface area contributed by atoms with Crippen molar-refractivity contribution in [3.63, 3.8) is 0 Å². The van der Waals surface area contributed by atoms with Crippen LogP contribution in [0.5, 0.6) is 11.5 Å². The van der Waals surface area contributed by atoms with Gasteiger partial charge in [0.05, 0.1) is 12.2 Å². The molecule has 1 amide bonds. The van der Waals surface area contributed by atoms with Crippen LogP contribution in [0, 0.1) is 26.7 Å². The fraction of sp³-hybridized carbons (Fsp3) is 0.553. The number of thioether (sulfide) groups is 1. The van der Waals surface area contributed by atoms with E-state index in [1.807, 2.05) is 52.3 Å². The molecule has 2 N–H and O–H groups in total. The Morgan fingerprint density at radius 2 is 1.72 bits per heavy atom. The van der Waals surface area contributed by atoms with Crippen molar-refractivity contribution in [2.24, 2.45) is 5.92 Å². The first-order valence-corrected chi connectivity index (χ1v) is 18.7. The van der Waals surface area contributed by atoms with Crippen LogP contribution in [0.4, 0.5) is 5.82 Å². The molecule has 50 heavy (non-hydrogen) atoms. The number of hydrogen-bond acceptors (Lipinski definition) is 9. The minimum Gasteiger partial charge on any atom is -0.448 e. The largest absolute Gasteiger partial charge is 0.448 e. The highest BCUT2D eigenvalue weighted by Gasteiger charge is 2.48. The van der Waals surface area contributed by atoms with Gasteiger partial charge in [0.15, 0.2) is 11.5 Å². The number of aryl methyl sites for hydroxylation is 1. The van der Waals surface area contributed by atoms with Gasteiger partial charge in [0, 0.05) is 83.1 Å². The zero-order valence-electron chi connectivity index (χ0n) is 30.8. The Morgan fingerprint density at radius 3 is 2.32 bits per heavy atom. The smallest absolute Gasteiger partial charge is 0.254 e. The minimum atomic E-state index is -0.865. The summed E-state index contributed by atoms with van der Waals surface area (Å²) in [5.41, 5.74) is 4.81. The number of fused-ring (bicyclic) bond motifs is 1. The molecule has 1 unspecified atom stereocenters. The van der Waals surface area contributed by atoms with Gasteiger partial charge in [0.25, 0.3) is 17.3 Å². The molecule has 0 spiro atoms. The number of morpholine rings is 1. The van der Waals surface area contributed by atoms with E-state index in [2.05, 4.69) is 54.1 Å². The summed E-state index contributed by atoms with van der Waals surface area (Å²) in [6.45, 7) is 13.6. The van der Waals surface area contributed by atoms with Crippen molar-refractivity contribution in [3.05, 3.63) is 62.7 Å². The average molecular weight is 726 g/mol. The first-order valence-electron chi connectivity index (χ1n) is 17.4. The lowest BCUT2D eigenvalue weighted by molar-refractivity contribution is -0.123. The molecule has 12 heteroatoms. The number of nitrogens with one attached hydrogen (secondary N) is 2. The summed E-state index contributed by atoms with van der Waals surface area (Å²) in [5, 5.41) is 3.05. The van der Waals surface area contributed by atoms with Gasteiger partial charge in [-0.25, -0.2) is 4.98 Å². The van der Waals surface area contributed by atoms with Crippen molar-refractivity contribution < 1.29 is 19.0 Å². The van der Waals surface area contributed by atoms with E-state index in [9.17, 15) is 9.59 Å². The number of benzene rings is 1. The molecular weight excluding hydrogens is 674 g/mol. The van der Waals surface area contributed by atoms with Gasteiger partial charge in [-0.2, -0.15) is 0 Å². The van der Waals surface area contributed by atoms with Crippen molar-refractivity contribution in [1.29, 1.82) is 0 Å². The molecule has 4 heterocycles. The summed E-state index contributed by atoms with van der Waals surface area (Å²) in [6, 6.07) is 6.58. The minimum absolute atomic E-state index is 0. The summed E-state index contributed by atoms with van der Waals surface area (Å²) in [6.07, 6.45) is 8.18. The lowest BCUT2D eigenvalue weighted by Gasteiger charge is -2.39. The quantitative estimate of drug-likeness (QED) is 0.247. The van der Waals surface area contributed by atoms with Gasteiger partial charge in [-0.1, -0.05) is 0 Å². The van der Waals surface area contributed by atoms with E-state index >= 15 is 0 Å². The topological polar surface area (TPSA) is 109 Å². The molecule has 3 aromatic rings. The Balaban J connectivity index is 0.00000486. The molecule has 2 aromatic heterocycles. The molecule has 272 valence electrons. The average Bonchev–Trinajstić information content (AvgIpc) is 3.42. The van der Waals surface area contributed by atoms with E-state index in [1.165, 1.54) is 11.8 Å². The van der Waals surface area contributed by atoms with Crippen LogP contribution in [0.1, 0.15) is 79.2 Å². The summed E-state index contributed by atoms with van der Waals surface area (Å²) >= 11 is 1.49. The number of anilines is 1. The Hall–Kier alpha value is -3.25. The highest BCUT2D eigenvalue weighted by molar-refractivity contribution is 7.98. The third-order valence-corrected chi connectivity index (χ3v) is 11.4. The second-order valence-electron chi connectivity index (χ2n) is 14.4. The molecule has 1 saturated heterocycles. The monoisotopic (exact) mass is 725 g/mol. The van der Waals surface area contributed by atoms with Gasteiger partial charge in [-0.15, -0.1) is 24.2 Å². The van der Waals surface area contributed by atoms with Crippen LogP contribution in [0.2, 0.25) is 0 Å². The molecule has 0 radical (unpaired) electrons. The van der Waals surface area contributed by atoms with Gasteiger partial charge < -0.3 is 34.3 Å². The fourth-order valence-corrected chi connectivity index (χ4v) is 8.68. The highest BCUT2D eigenvalue weighted by atomic mass is 35.5.